The molecule has 30 heavy (non-hydrogen) atoms. The Morgan fingerprint density at radius 2 is 1.83 bits per heavy atom. The van der Waals surface area contributed by atoms with Crippen LogP contribution in [-0.4, -0.2) is 34.3 Å². The number of hydrogen-bond acceptors (Lipinski definition) is 2. The average Bonchev–Trinajstić information content (AvgIpc) is 3.32. The zero-order chi connectivity index (χ0) is 20.9. The monoisotopic (exact) mass is 400 g/mol. The van der Waals surface area contributed by atoms with Crippen LogP contribution in [0, 0.1) is 13.8 Å². The van der Waals surface area contributed by atoms with E-state index in [1.807, 2.05) is 17.7 Å². The number of H-pyrrole nitrogens is 1. The number of para-hydroxylation sites is 2. The molecule has 0 aliphatic rings. The first-order valence-corrected chi connectivity index (χ1v) is 10.3. The number of aryl methyl sites for hydroxylation is 2. The average molecular weight is 401 g/mol. The maximum absolute atomic E-state index is 4.63. The number of aromatic nitrogens is 3. The zero-order valence-electron chi connectivity index (χ0n) is 17.7. The van der Waals surface area contributed by atoms with Gasteiger partial charge >= 0.3 is 0 Å². The van der Waals surface area contributed by atoms with Crippen molar-refractivity contribution in [3.05, 3.63) is 83.3 Å². The minimum Gasteiger partial charge on any atom is -0.358 e. The highest BCUT2D eigenvalue weighted by atomic mass is 15.3. The van der Waals surface area contributed by atoms with Crippen molar-refractivity contribution < 1.29 is 0 Å². The van der Waals surface area contributed by atoms with Crippen molar-refractivity contribution >= 4 is 16.9 Å². The topological polar surface area (TPSA) is 70.0 Å². The van der Waals surface area contributed by atoms with Crippen LogP contribution in [0.2, 0.25) is 0 Å². The van der Waals surface area contributed by atoms with E-state index >= 15 is 0 Å². The smallest absolute Gasteiger partial charge is 0.191 e. The Labute approximate surface area is 177 Å². The molecule has 2 aromatic carbocycles. The van der Waals surface area contributed by atoms with Gasteiger partial charge in [0, 0.05) is 43.5 Å². The molecule has 3 N–H and O–H groups in total. The molecule has 6 nitrogen and oxygen atoms in total. The molecule has 0 amide bonds. The van der Waals surface area contributed by atoms with Crippen LogP contribution in [-0.2, 0) is 13.0 Å². The summed E-state index contributed by atoms with van der Waals surface area (Å²) in [4.78, 5) is 7.83. The molecule has 4 rings (SSSR count). The molecule has 0 bridgehead atoms. The Kier molecular flexibility index (Phi) is 5.84. The molecule has 0 aliphatic carbocycles. The van der Waals surface area contributed by atoms with E-state index in [2.05, 4.69) is 87.2 Å². The van der Waals surface area contributed by atoms with Gasteiger partial charge in [0.15, 0.2) is 5.96 Å². The lowest BCUT2D eigenvalue weighted by Gasteiger charge is -2.15. The summed E-state index contributed by atoms with van der Waals surface area (Å²) in [5.74, 6) is 0.786. The lowest BCUT2D eigenvalue weighted by Crippen LogP contribution is -2.38. The predicted molar refractivity (Wildman–Crippen MR) is 123 cm³/mol. The highest BCUT2D eigenvalue weighted by Gasteiger charge is 2.09. The number of aromatic amines is 1. The van der Waals surface area contributed by atoms with Gasteiger partial charge in [0.2, 0.25) is 0 Å². The molecule has 0 unspecified atom stereocenters. The van der Waals surface area contributed by atoms with Crippen molar-refractivity contribution in [1.29, 1.82) is 0 Å². The molecule has 6 heteroatoms. The molecule has 0 fully saturated rings. The Balaban J connectivity index is 1.36. The molecule has 0 radical (unpaired) electrons. The molecule has 4 aromatic rings. The Morgan fingerprint density at radius 3 is 2.60 bits per heavy atom. The van der Waals surface area contributed by atoms with Gasteiger partial charge in [-0.25, -0.2) is 4.68 Å². The summed E-state index contributed by atoms with van der Waals surface area (Å²) in [7, 11) is 1.80. The van der Waals surface area contributed by atoms with Crippen molar-refractivity contribution in [3.63, 3.8) is 0 Å². The van der Waals surface area contributed by atoms with Gasteiger partial charge < -0.3 is 15.6 Å². The Bertz CT molecular complexity index is 1130. The van der Waals surface area contributed by atoms with Gasteiger partial charge in [-0.1, -0.05) is 36.4 Å². The van der Waals surface area contributed by atoms with Crippen molar-refractivity contribution in [1.82, 2.24) is 25.4 Å². The third-order valence-electron chi connectivity index (χ3n) is 5.17. The van der Waals surface area contributed by atoms with Gasteiger partial charge in [0.1, 0.15) is 0 Å². The normalized spacial score (nSPS) is 11.8. The highest BCUT2D eigenvalue weighted by Crippen LogP contribution is 2.17. The fourth-order valence-electron chi connectivity index (χ4n) is 3.72. The fraction of sp³-hybridized carbons (Fsp3) is 0.250. The van der Waals surface area contributed by atoms with Crippen LogP contribution < -0.4 is 10.6 Å². The van der Waals surface area contributed by atoms with E-state index in [1.54, 1.807) is 7.05 Å². The van der Waals surface area contributed by atoms with Crippen LogP contribution in [0.25, 0.3) is 16.6 Å². The summed E-state index contributed by atoms with van der Waals surface area (Å²) >= 11 is 0. The minimum absolute atomic E-state index is 0.667. The maximum Gasteiger partial charge on any atom is 0.191 e. The number of nitrogens with zero attached hydrogens (tertiary/aromatic N) is 3. The number of rotatable bonds is 6. The van der Waals surface area contributed by atoms with E-state index < -0.39 is 0 Å². The van der Waals surface area contributed by atoms with Crippen molar-refractivity contribution in [2.24, 2.45) is 4.99 Å². The lowest BCUT2D eigenvalue weighted by atomic mass is 10.1. The second-order valence-corrected chi connectivity index (χ2v) is 7.45. The van der Waals surface area contributed by atoms with Crippen LogP contribution in [0.3, 0.4) is 0 Å². The minimum atomic E-state index is 0.667. The van der Waals surface area contributed by atoms with Crippen LogP contribution in [0.5, 0.6) is 0 Å². The van der Waals surface area contributed by atoms with Crippen LogP contribution in [0.1, 0.15) is 22.6 Å². The summed E-state index contributed by atoms with van der Waals surface area (Å²) in [5.41, 5.74) is 6.79. The van der Waals surface area contributed by atoms with E-state index in [1.165, 1.54) is 22.2 Å². The number of nitrogens with one attached hydrogen (secondary N) is 3. The van der Waals surface area contributed by atoms with Crippen molar-refractivity contribution in [3.8, 4) is 5.69 Å². The van der Waals surface area contributed by atoms with Gasteiger partial charge in [-0.3, -0.25) is 4.99 Å². The number of hydrogen-bond donors (Lipinski definition) is 3. The quantitative estimate of drug-likeness (QED) is 0.340. The van der Waals surface area contributed by atoms with E-state index in [4.69, 9.17) is 0 Å². The summed E-state index contributed by atoms with van der Waals surface area (Å²) in [6, 6.07) is 21.0. The van der Waals surface area contributed by atoms with Crippen molar-refractivity contribution in [2.45, 2.75) is 26.8 Å². The first-order valence-electron chi connectivity index (χ1n) is 10.3. The van der Waals surface area contributed by atoms with Crippen LogP contribution in [0.15, 0.2) is 65.7 Å². The number of aliphatic imine (C=N–C) groups is 1. The second-order valence-electron chi connectivity index (χ2n) is 7.45. The zero-order valence-corrected chi connectivity index (χ0v) is 17.7. The molecule has 0 aliphatic heterocycles. The maximum atomic E-state index is 4.63. The number of benzene rings is 2. The van der Waals surface area contributed by atoms with Gasteiger partial charge in [-0.2, -0.15) is 5.10 Å². The predicted octanol–water partition coefficient (Wildman–Crippen LogP) is 3.88. The third-order valence-corrected chi connectivity index (χ3v) is 5.17. The van der Waals surface area contributed by atoms with Gasteiger partial charge in [0.25, 0.3) is 0 Å². The van der Waals surface area contributed by atoms with Gasteiger partial charge in [0.05, 0.1) is 11.4 Å². The summed E-state index contributed by atoms with van der Waals surface area (Å²) in [5, 5.41) is 12.7. The molecular formula is C24H28N6. The molecule has 0 atom stereocenters. The van der Waals surface area contributed by atoms with E-state index in [9.17, 15) is 0 Å². The summed E-state index contributed by atoms with van der Waals surface area (Å²) in [6.45, 7) is 5.56. The van der Waals surface area contributed by atoms with Crippen LogP contribution >= 0.6 is 0 Å². The molecule has 0 saturated heterocycles. The van der Waals surface area contributed by atoms with E-state index in [0.29, 0.717) is 6.54 Å². The standard InChI is InChI=1S/C24H28N6/c1-17-14-18(2)30(29-17)23-11-7-5-9-20(23)16-27-24(25-3)26-13-12-21-15-19-8-4-6-10-22(19)28-21/h4-11,14-15,28H,12-13,16H2,1-3H3,(H2,25,26,27). The second kappa shape index (κ2) is 8.86. The summed E-state index contributed by atoms with van der Waals surface area (Å²) < 4.78 is 2.00. The Hall–Kier alpha value is -3.54. The van der Waals surface area contributed by atoms with Gasteiger partial charge in [-0.05, 0) is 49.1 Å². The fourth-order valence-corrected chi connectivity index (χ4v) is 3.72. The first-order chi connectivity index (χ1) is 14.6. The summed E-state index contributed by atoms with van der Waals surface area (Å²) in [6.07, 6.45) is 0.901. The first kappa shape index (κ1) is 19.8. The van der Waals surface area contributed by atoms with E-state index in [0.717, 1.165) is 36.0 Å². The van der Waals surface area contributed by atoms with E-state index in [-0.39, 0.29) is 0 Å². The highest BCUT2D eigenvalue weighted by molar-refractivity contribution is 5.81. The molecule has 0 saturated carbocycles. The number of guanidine groups is 1. The van der Waals surface area contributed by atoms with Crippen molar-refractivity contribution in [2.75, 3.05) is 13.6 Å². The number of fused-ring (bicyclic) bond motifs is 1. The Morgan fingerprint density at radius 1 is 1.03 bits per heavy atom. The van der Waals surface area contributed by atoms with Crippen LogP contribution in [0.4, 0.5) is 0 Å². The molecule has 0 spiro atoms. The third kappa shape index (κ3) is 4.38. The molecule has 2 aromatic heterocycles. The lowest BCUT2D eigenvalue weighted by molar-refractivity contribution is 0.772. The SMILES string of the molecule is CN=C(NCCc1cc2ccccc2[nH]1)NCc1ccccc1-n1nc(C)cc1C. The van der Waals surface area contributed by atoms with Gasteiger partial charge in [-0.15, -0.1) is 0 Å². The largest absolute Gasteiger partial charge is 0.358 e. The molecular weight excluding hydrogens is 372 g/mol. The molecule has 154 valence electrons. The molecule has 2 heterocycles.